The molecule has 8 rings (SSSR count). The van der Waals surface area contributed by atoms with Crippen molar-refractivity contribution in [3.8, 4) is 0 Å². The molecule has 414 valence electrons. The number of rotatable bonds is 13. The maximum absolute atomic E-state index is 16.0. The number of carbonyl (C=O) groups is 2. The first-order chi connectivity index (χ1) is 31.4. The van der Waals surface area contributed by atoms with E-state index < -0.39 is 178 Å². The van der Waals surface area contributed by atoms with E-state index in [1.165, 1.54) is 0 Å². The normalized spacial score (nSPS) is 43.3. The summed E-state index contributed by atoms with van der Waals surface area (Å²) in [5.74, 6) is -113. The zero-order valence-electron chi connectivity index (χ0n) is 32.4. The lowest BCUT2D eigenvalue weighted by Gasteiger charge is -2.75. The summed E-state index contributed by atoms with van der Waals surface area (Å²) in [7, 11) is 0. The molecule has 0 N–H and O–H groups in total. The molecule has 2 unspecified atom stereocenters. The average Bonchev–Trinajstić information content (AvgIpc) is 3.20. The van der Waals surface area contributed by atoms with Crippen molar-refractivity contribution >= 4 is 11.9 Å². The van der Waals surface area contributed by atoms with Crippen LogP contribution in [0.1, 0.15) is 0 Å². The van der Waals surface area contributed by atoms with Crippen LogP contribution in [0.2, 0.25) is 0 Å². The molecule has 8 bridgehead atoms. The highest BCUT2D eigenvalue weighted by Gasteiger charge is 3.27. The van der Waals surface area contributed by atoms with Gasteiger partial charge in [0.05, 0.1) is 13.2 Å². The first-order valence-corrected chi connectivity index (χ1v) is 17.7. The van der Waals surface area contributed by atoms with E-state index >= 15 is 96.6 Å². The van der Waals surface area contributed by atoms with Gasteiger partial charge in [-0.3, -0.25) is 0 Å². The summed E-state index contributed by atoms with van der Waals surface area (Å²) >= 11 is 0. The molecule has 2 atom stereocenters. The van der Waals surface area contributed by atoms with E-state index in [-0.39, 0.29) is 0 Å². The van der Waals surface area contributed by atoms with Gasteiger partial charge in [0, 0.05) is 12.2 Å². The van der Waals surface area contributed by atoms with Gasteiger partial charge in [-0.15, -0.1) is 0 Å². The third-order valence-electron chi connectivity index (χ3n) is 13.6. The minimum atomic E-state index is -9.10. The number of carbonyl (C=O) groups excluding carboxylic acids is 2. The Morgan fingerprint density at radius 3 is 0.625 bits per heavy atom. The molecule has 6 nitrogen and oxygen atoms in total. The second-order valence-electron chi connectivity index (χ2n) is 16.4. The van der Waals surface area contributed by atoms with Crippen LogP contribution in [0.4, 0.5) is 149 Å². The van der Waals surface area contributed by atoms with Crippen molar-refractivity contribution in [2.24, 2.45) is 10.8 Å². The lowest BCUT2D eigenvalue weighted by molar-refractivity contribution is -0.642. The summed E-state index contributed by atoms with van der Waals surface area (Å²) in [6.07, 6.45) is -27.2. The second-order valence-corrected chi connectivity index (χ2v) is 16.4. The molecule has 8 saturated carbocycles. The molecule has 0 aromatic rings. The first-order valence-electron chi connectivity index (χ1n) is 17.7. The quantitative estimate of drug-likeness (QED) is 0.104. The summed E-state index contributed by atoms with van der Waals surface area (Å²) < 4.78 is 536. The van der Waals surface area contributed by atoms with Crippen LogP contribution in [0, 0.1) is 10.8 Å². The van der Waals surface area contributed by atoms with Crippen LogP contribution in [0.5, 0.6) is 0 Å². The van der Waals surface area contributed by atoms with Gasteiger partial charge in [-0.1, -0.05) is 13.2 Å². The number of ether oxygens (including phenoxy) is 4. The third-order valence-corrected chi connectivity index (χ3v) is 13.6. The van der Waals surface area contributed by atoms with Gasteiger partial charge in [0.2, 0.25) is 0 Å². The molecule has 0 aromatic carbocycles. The van der Waals surface area contributed by atoms with Crippen LogP contribution in [0.15, 0.2) is 25.3 Å². The van der Waals surface area contributed by atoms with E-state index in [4.69, 9.17) is 0 Å². The Bertz CT molecular complexity index is 2010. The summed E-state index contributed by atoms with van der Waals surface area (Å²) in [4.78, 5) is 24.1. The van der Waals surface area contributed by atoms with Crippen molar-refractivity contribution < 1.29 is 178 Å². The molecule has 0 radical (unpaired) electrons. The standard InChI is InChI=1S/C32H12F34O6/c1-3-9(67)71-7(5-69-31(63,64)11-19(39,40)13(33)25(51,52)14(34,20(11,41)42)27(55,56)15(35,21(11,43)44)26(13,53)54)8(72-10(68)4-2)6-70-32(65,66)12-22(45,46)16(36)28(57,58)17(37,23(12,47)48)30(61,62)18(38,24(12,49)50)29(16,59)60/h3-4,7-8H,1-2,5-6H2. The van der Waals surface area contributed by atoms with Gasteiger partial charge in [-0.25, -0.2) is 88.6 Å². The van der Waals surface area contributed by atoms with Gasteiger partial charge in [0.1, 0.15) is 0 Å². The molecule has 0 aliphatic heterocycles. The Labute approximate surface area is 369 Å². The van der Waals surface area contributed by atoms with Gasteiger partial charge < -0.3 is 18.9 Å². The van der Waals surface area contributed by atoms with Crippen LogP contribution in [0.3, 0.4) is 0 Å². The minimum Gasteiger partial charge on any atom is -0.453 e. The molecular weight excluding hydrogens is 1130 g/mol. The van der Waals surface area contributed by atoms with Gasteiger partial charge >= 0.3 is 129 Å². The SMILES string of the molecule is C=CC(=O)OC(COC(F)(F)C12C(F)(F)C3(F)C(F)(F)C(F)(C(F)(F)C(F)(C3(F)F)C1(F)F)C2(F)F)C(COC(F)(F)C12C(F)(F)C3(F)C(F)(F)C(F)(C(F)(F)C(F)(C3(F)F)C1(F)F)C2(F)F)OC(=O)C=C. The number of hydrogen-bond donors (Lipinski definition) is 0. The van der Waals surface area contributed by atoms with E-state index in [9.17, 15) is 62.3 Å². The lowest BCUT2D eigenvalue weighted by Crippen LogP contribution is -3.09. The Balaban J connectivity index is 1.54. The molecule has 0 aromatic heterocycles. The Morgan fingerprint density at radius 2 is 0.486 bits per heavy atom. The van der Waals surface area contributed by atoms with Gasteiger partial charge in [-0.2, -0.15) is 70.2 Å². The van der Waals surface area contributed by atoms with E-state index in [0.717, 1.165) is 0 Å². The predicted molar refractivity (Wildman–Crippen MR) is 149 cm³/mol. The molecule has 72 heavy (non-hydrogen) atoms. The van der Waals surface area contributed by atoms with E-state index in [1.54, 1.807) is 0 Å². The highest BCUT2D eigenvalue weighted by Crippen LogP contribution is 2.94. The van der Waals surface area contributed by atoms with Gasteiger partial charge in [0.15, 0.2) is 12.2 Å². The van der Waals surface area contributed by atoms with Crippen LogP contribution in [-0.4, -0.2) is 155 Å². The zero-order valence-corrected chi connectivity index (χ0v) is 32.4. The van der Waals surface area contributed by atoms with Crippen molar-refractivity contribution in [2.75, 3.05) is 13.2 Å². The van der Waals surface area contributed by atoms with Crippen LogP contribution in [0.25, 0.3) is 0 Å². The second kappa shape index (κ2) is 13.3. The van der Waals surface area contributed by atoms with Crippen molar-refractivity contribution in [1.82, 2.24) is 0 Å². The molecule has 8 fully saturated rings. The molecule has 0 heterocycles. The largest absolute Gasteiger partial charge is 0.453 e. The highest BCUT2D eigenvalue weighted by molar-refractivity contribution is 5.82. The van der Waals surface area contributed by atoms with Crippen LogP contribution < -0.4 is 0 Å². The first kappa shape index (κ1) is 57.2. The summed E-state index contributed by atoms with van der Waals surface area (Å²) in [5, 5.41) is 0. The predicted octanol–water partition coefficient (Wildman–Crippen LogP) is 10.3. The third kappa shape index (κ3) is 4.18. The van der Waals surface area contributed by atoms with Crippen molar-refractivity contribution in [3.63, 3.8) is 0 Å². The zero-order chi connectivity index (χ0) is 57.0. The van der Waals surface area contributed by atoms with E-state index in [0.29, 0.717) is 0 Å². The number of alkyl halides is 34. The van der Waals surface area contributed by atoms with E-state index in [1.807, 2.05) is 0 Å². The number of hydrogen-bond acceptors (Lipinski definition) is 6. The Morgan fingerprint density at radius 1 is 0.333 bits per heavy atom. The molecular formula is C32H12F34O6. The fourth-order valence-electron chi connectivity index (χ4n) is 10.2. The topological polar surface area (TPSA) is 71.1 Å². The van der Waals surface area contributed by atoms with Gasteiger partial charge in [-0.05, 0) is 0 Å². The Kier molecular flexibility index (Phi) is 10.6. The van der Waals surface area contributed by atoms with Crippen molar-refractivity contribution in [3.05, 3.63) is 25.3 Å². The lowest BCUT2D eigenvalue weighted by atomic mass is 9.36. The number of halogens is 34. The molecule has 8 aliphatic carbocycles. The Hall–Kier alpha value is -4.04. The molecule has 0 saturated heterocycles. The smallest absolute Gasteiger partial charge is 0.379 e. The fraction of sp³-hybridized carbons (Fsp3) is 0.812. The van der Waals surface area contributed by atoms with Crippen LogP contribution in [-0.2, 0) is 28.5 Å². The maximum atomic E-state index is 16.0. The highest BCUT2D eigenvalue weighted by atomic mass is 19.4. The summed E-state index contributed by atoms with van der Waals surface area (Å²) in [6, 6.07) is 0. The minimum absolute atomic E-state index is 0.541. The molecule has 40 heteroatoms. The molecule has 0 amide bonds. The molecule has 8 aliphatic rings. The van der Waals surface area contributed by atoms with E-state index in [2.05, 4.69) is 32.1 Å². The summed E-state index contributed by atoms with van der Waals surface area (Å²) in [5.41, 5.74) is -71.1. The van der Waals surface area contributed by atoms with Crippen molar-refractivity contribution in [2.45, 2.75) is 130 Å². The molecule has 0 spiro atoms. The van der Waals surface area contributed by atoms with Gasteiger partial charge in [0.25, 0.3) is 10.8 Å². The monoisotopic (exact) mass is 1140 g/mol. The average molecular weight is 1140 g/mol. The number of esters is 2. The summed E-state index contributed by atoms with van der Waals surface area (Å²) in [6.45, 7) is -2.99. The maximum Gasteiger partial charge on any atom is 0.379 e. The fourth-order valence-corrected chi connectivity index (χ4v) is 10.2. The van der Waals surface area contributed by atoms with Crippen molar-refractivity contribution in [1.29, 1.82) is 0 Å². The van der Waals surface area contributed by atoms with Crippen LogP contribution >= 0.6 is 0 Å².